The van der Waals surface area contributed by atoms with Crippen LogP contribution in [0.3, 0.4) is 0 Å². The van der Waals surface area contributed by atoms with Gasteiger partial charge >= 0.3 is 0 Å². The molecule has 0 spiro atoms. The summed E-state index contributed by atoms with van der Waals surface area (Å²) in [5, 5.41) is 8.27. The SMILES string of the molecule is NC(CCl)=NCCC[C@H](NC(=O)c1cc2c([nH]c3ccccc32)c(-c2ccc(Cl)cc2)n1)C(=O)NCc1ccccc1. The maximum absolute atomic E-state index is 13.7. The fraction of sp³-hybridized carbons (Fsp3) is 0.188. The molecule has 0 radical (unpaired) electrons. The minimum atomic E-state index is -0.812. The Bertz CT molecular complexity index is 1740. The molecule has 0 bridgehead atoms. The maximum Gasteiger partial charge on any atom is 0.270 e. The highest BCUT2D eigenvalue weighted by Gasteiger charge is 2.23. The summed E-state index contributed by atoms with van der Waals surface area (Å²) in [6.45, 7) is 0.723. The van der Waals surface area contributed by atoms with Gasteiger partial charge in [0.25, 0.3) is 5.91 Å². The summed E-state index contributed by atoms with van der Waals surface area (Å²) >= 11 is 11.9. The second-order valence-corrected chi connectivity index (χ2v) is 10.5. The van der Waals surface area contributed by atoms with Crippen molar-refractivity contribution in [2.75, 3.05) is 12.4 Å². The van der Waals surface area contributed by atoms with E-state index in [2.05, 4.69) is 20.6 Å². The molecule has 0 saturated heterocycles. The van der Waals surface area contributed by atoms with Gasteiger partial charge < -0.3 is 21.4 Å². The van der Waals surface area contributed by atoms with E-state index in [1.54, 1.807) is 18.2 Å². The Labute approximate surface area is 253 Å². The number of hydrogen-bond donors (Lipinski definition) is 4. The van der Waals surface area contributed by atoms with Crippen LogP contribution in [0.2, 0.25) is 5.02 Å². The number of hydrogen-bond acceptors (Lipinski definition) is 4. The molecule has 0 saturated carbocycles. The van der Waals surface area contributed by atoms with Crippen LogP contribution in [0.4, 0.5) is 0 Å². The number of alkyl halides is 1. The number of nitrogens with one attached hydrogen (secondary N) is 3. The van der Waals surface area contributed by atoms with Gasteiger partial charge in [-0.1, -0.05) is 72.3 Å². The number of carbonyl (C=O) groups excluding carboxylic acids is 2. The minimum absolute atomic E-state index is 0.135. The van der Waals surface area contributed by atoms with Crippen LogP contribution < -0.4 is 16.4 Å². The third-order valence-electron chi connectivity index (χ3n) is 6.88. The number of H-pyrrole nitrogens is 1. The zero-order valence-corrected chi connectivity index (χ0v) is 24.3. The van der Waals surface area contributed by atoms with Gasteiger partial charge in [-0.25, -0.2) is 4.98 Å². The predicted molar refractivity (Wildman–Crippen MR) is 170 cm³/mol. The zero-order chi connectivity index (χ0) is 29.5. The number of aromatic nitrogens is 2. The first-order valence-electron chi connectivity index (χ1n) is 13.6. The van der Waals surface area contributed by atoms with Gasteiger partial charge in [0, 0.05) is 40.0 Å². The Morgan fingerprint density at radius 1 is 0.976 bits per heavy atom. The number of pyridine rings is 1. The van der Waals surface area contributed by atoms with Gasteiger partial charge in [0.2, 0.25) is 5.91 Å². The van der Waals surface area contributed by atoms with Crippen LogP contribution >= 0.6 is 23.2 Å². The Kier molecular flexibility index (Phi) is 9.36. The molecule has 0 unspecified atom stereocenters. The molecular formula is C32H30Cl2N6O2. The summed E-state index contributed by atoms with van der Waals surface area (Å²) in [5.74, 6) is -0.291. The highest BCUT2D eigenvalue weighted by atomic mass is 35.5. The molecule has 2 heterocycles. The van der Waals surface area contributed by atoms with E-state index >= 15 is 0 Å². The molecular weight excluding hydrogens is 571 g/mol. The molecule has 42 heavy (non-hydrogen) atoms. The number of fused-ring (bicyclic) bond motifs is 3. The van der Waals surface area contributed by atoms with Crippen molar-refractivity contribution in [2.24, 2.45) is 10.7 Å². The third kappa shape index (κ3) is 6.90. The van der Waals surface area contributed by atoms with E-state index < -0.39 is 11.9 Å². The van der Waals surface area contributed by atoms with Crippen molar-refractivity contribution >= 4 is 62.7 Å². The lowest BCUT2D eigenvalue weighted by atomic mass is 10.1. The molecule has 5 N–H and O–H groups in total. The van der Waals surface area contributed by atoms with Crippen molar-refractivity contribution in [2.45, 2.75) is 25.4 Å². The largest absolute Gasteiger partial charge is 0.386 e. The Morgan fingerprint density at radius 3 is 2.48 bits per heavy atom. The van der Waals surface area contributed by atoms with E-state index in [0.29, 0.717) is 42.5 Å². The number of nitrogens with zero attached hydrogens (tertiary/aromatic N) is 2. The summed E-state index contributed by atoms with van der Waals surface area (Å²) in [7, 11) is 0. The number of aromatic amines is 1. The van der Waals surface area contributed by atoms with E-state index in [1.165, 1.54) is 0 Å². The standard InChI is InChI=1S/C32H30Cl2N6O2/c33-18-28(35)36-16-6-11-26(31(41)37-19-20-7-2-1-3-8-20)40-32(42)27-17-24-23-9-4-5-10-25(23)38-30(24)29(39-27)21-12-14-22(34)15-13-21/h1-5,7-10,12-15,17,26,38H,6,11,16,18-19H2,(H2,35,36)(H,37,41)(H,40,42)/t26-/m0/s1. The first kappa shape index (κ1) is 29.1. The summed E-state index contributed by atoms with van der Waals surface area (Å²) in [6.07, 6.45) is 0.872. The molecule has 214 valence electrons. The van der Waals surface area contributed by atoms with E-state index in [-0.39, 0.29) is 17.5 Å². The van der Waals surface area contributed by atoms with E-state index in [4.69, 9.17) is 33.9 Å². The highest BCUT2D eigenvalue weighted by Crippen LogP contribution is 2.33. The van der Waals surface area contributed by atoms with Crippen molar-refractivity contribution in [1.29, 1.82) is 0 Å². The summed E-state index contributed by atoms with van der Waals surface area (Å²) in [5.41, 5.74) is 10.0. The molecule has 0 aliphatic heterocycles. The van der Waals surface area contributed by atoms with Gasteiger partial charge in [0.1, 0.15) is 17.6 Å². The quantitative estimate of drug-likeness (QED) is 0.0658. The van der Waals surface area contributed by atoms with Crippen LogP contribution in [0.15, 0.2) is 89.9 Å². The van der Waals surface area contributed by atoms with Gasteiger partial charge in [0.05, 0.1) is 17.1 Å². The molecule has 5 rings (SSSR count). The smallest absolute Gasteiger partial charge is 0.270 e. The molecule has 3 aromatic carbocycles. The van der Waals surface area contributed by atoms with E-state index in [0.717, 1.165) is 32.9 Å². The summed E-state index contributed by atoms with van der Waals surface area (Å²) in [4.78, 5) is 39.4. The molecule has 2 aromatic heterocycles. The van der Waals surface area contributed by atoms with Crippen LogP contribution in [0.1, 0.15) is 28.9 Å². The van der Waals surface area contributed by atoms with Crippen LogP contribution in [0.25, 0.3) is 33.1 Å². The van der Waals surface area contributed by atoms with Crippen molar-refractivity contribution < 1.29 is 9.59 Å². The van der Waals surface area contributed by atoms with Crippen LogP contribution in [0, 0.1) is 0 Å². The molecule has 8 nitrogen and oxygen atoms in total. The topological polar surface area (TPSA) is 125 Å². The number of amides is 2. The van der Waals surface area contributed by atoms with Gasteiger partial charge in [-0.15, -0.1) is 11.6 Å². The van der Waals surface area contributed by atoms with Gasteiger partial charge in [-0.2, -0.15) is 0 Å². The first-order valence-corrected chi connectivity index (χ1v) is 14.5. The molecule has 1 atom stereocenters. The molecule has 0 fully saturated rings. The fourth-order valence-electron chi connectivity index (χ4n) is 4.75. The van der Waals surface area contributed by atoms with Crippen LogP contribution in [-0.2, 0) is 11.3 Å². The molecule has 0 aliphatic carbocycles. The predicted octanol–water partition coefficient (Wildman–Crippen LogP) is 5.83. The second-order valence-electron chi connectivity index (χ2n) is 9.83. The van der Waals surface area contributed by atoms with E-state index in [9.17, 15) is 9.59 Å². The number of aliphatic imine (C=N–C) groups is 1. The fourth-order valence-corrected chi connectivity index (χ4v) is 4.96. The number of carbonyl (C=O) groups is 2. The lowest BCUT2D eigenvalue weighted by Gasteiger charge is -2.18. The number of para-hydroxylation sites is 1. The minimum Gasteiger partial charge on any atom is -0.386 e. The van der Waals surface area contributed by atoms with Crippen molar-refractivity contribution in [1.82, 2.24) is 20.6 Å². The van der Waals surface area contributed by atoms with Crippen molar-refractivity contribution in [3.05, 3.63) is 101 Å². The average molecular weight is 602 g/mol. The molecule has 10 heteroatoms. The Morgan fingerprint density at radius 2 is 1.71 bits per heavy atom. The molecule has 0 aliphatic rings. The highest BCUT2D eigenvalue weighted by molar-refractivity contribution is 6.30. The van der Waals surface area contributed by atoms with Gasteiger partial charge in [0.15, 0.2) is 0 Å². The molecule has 5 aromatic rings. The van der Waals surface area contributed by atoms with E-state index in [1.807, 2.05) is 66.7 Å². The number of nitrogens with two attached hydrogens (primary N) is 1. The zero-order valence-electron chi connectivity index (χ0n) is 22.7. The number of amidine groups is 1. The van der Waals surface area contributed by atoms with Gasteiger partial charge in [-0.05, 0) is 42.7 Å². The van der Waals surface area contributed by atoms with Crippen molar-refractivity contribution in [3.63, 3.8) is 0 Å². The van der Waals surface area contributed by atoms with Crippen LogP contribution in [-0.4, -0.2) is 46.1 Å². The Balaban J connectivity index is 1.45. The second kappa shape index (κ2) is 13.5. The maximum atomic E-state index is 13.7. The lowest BCUT2D eigenvalue weighted by Crippen LogP contribution is -2.46. The lowest BCUT2D eigenvalue weighted by molar-refractivity contribution is -0.123. The summed E-state index contributed by atoms with van der Waals surface area (Å²) < 4.78 is 0. The first-order chi connectivity index (χ1) is 20.4. The number of benzene rings is 3. The van der Waals surface area contributed by atoms with Crippen LogP contribution in [0.5, 0.6) is 0 Å². The number of halogens is 2. The van der Waals surface area contributed by atoms with Crippen molar-refractivity contribution in [3.8, 4) is 11.3 Å². The Hall–Kier alpha value is -4.40. The third-order valence-corrected chi connectivity index (χ3v) is 7.41. The summed E-state index contributed by atoms with van der Waals surface area (Å²) in [6, 6.07) is 25.7. The monoisotopic (exact) mass is 600 g/mol. The molecule has 2 amide bonds. The normalized spacial score (nSPS) is 12.4. The van der Waals surface area contributed by atoms with Gasteiger partial charge in [-0.3, -0.25) is 14.6 Å². The number of rotatable bonds is 11. The average Bonchev–Trinajstić information content (AvgIpc) is 3.40.